The number of sulfonamides is 1. The SMILES string of the molecule is O=C(c1ccc(C(F)(F)F)cc1)N1CCC(NS(=O)(=O)c2ccccc2)CC1. The van der Waals surface area contributed by atoms with Crippen LogP contribution in [-0.2, 0) is 16.2 Å². The molecule has 1 N–H and O–H groups in total. The molecule has 1 heterocycles. The Balaban J connectivity index is 1.58. The highest BCUT2D eigenvalue weighted by Gasteiger charge is 2.31. The molecule has 0 spiro atoms. The number of halogens is 3. The van der Waals surface area contributed by atoms with E-state index in [4.69, 9.17) is 0 Å². The van der Waals surface area contributed by atoms with Gasteiger partial charge in [0.1, 0.15) is 0 Å². The molecule has 0 aliphatic carbocycles. The quantitative estimate of drug-likeness (QED) is 0.838. The first-order valence-corrected chi connectivity index (χ1v) is 10.2. The summed E-state index contributed by atoms with van der Waals surface area (Å²) in [6.45, 7) is 0.643. The molecule has 0 atom stereocenters. The fourth-order valence-corrected chi connectivity index (χ4v) is 4.40. The van der Waals surface area contributed by atoms with E-state index >= 15 is 0 Å². The molecule has 150 valence electrons. The van der Waals surface area contributed by atoms with E-state index < -0.39 is 21.8 Å². The molecular formula is C19H19F3N2O3S. The monoisotopic (exact) mass is 412 g/mol. The van der Waals surface area contributed by atoms with Crippen molar-refractivity contribution in [2.45, 2.75) is 30.0 Å². The van der Waals surface area contributed by atoms with Crippen LogP contribution in [0.1, 0.15) is 28.8 Å². The summed E-state index contributed by atoms with van der Waals surface area (Å²) in [6.07, 6.45) is -3.59. The molecule has 1 saturated heterocycles. The van der Waals surface area contributed by atoms with Crippen LogP contribution < -0.4 is 4.72 Å². The van der Waals surface area contributed by atoms with E-state index in [9.17, 15) is 26.4 Å². The van der Waals surface area contributed by atoms with Gasteiger partial charge in [-0.05, 0) is 49.2 Å². The Morgan fingerprint density at radius 1 is 0.964 bits per heavy atom. The molecule has 2 aromatic rings. The average Bonchev–Trinajstić information content (AvgIpc) is 2.68. The molecule has 9 heteroatoms. The number of hydrogen-bond donors (Lipinski definition) is 1. The molecule has 5 nitrogen and oxygen atoms in total. The van der Waals surface area contributed by atoms with Crippen LogP contribution in [0.15, 0.2) is 59.5 Å². The van der Waals surface area contributed by atoms with E-state index in [-0.39, 0.29) is 22.4 Å². The van der Waals surface area contributed by atoms with Crippen molar-refractivity contribution in [1.82, 2.24) is 9.62 Å². The molecule has 28 heavy (non-hydrogen) atoms. The van der Waals surface area contributed by atoms with E-state index in [1.165, 1.54) is 17.0 Å². The van der Waals surface area contributed by atoms with Gasteiger partial charge in [-0.1, -0.05) is 18.2 Å². The molecule has 1 aliphatic rings. The van der Waals surface area contributed by atoms with E-state index in [0.29, 0.717) is 25.9 Å². The lowest BCUT2D eigenvalue weighted by Gasteiger charge is -2.32. The minimum Gasteiger partial charge on any atom is -0.339 e. The van der Waals surface area contributed by atoms with Gasteiger partial charge in [0.15, 0.2) is 0 Å². The van der Waals surface area contributed by atoms with Gasteiger partial charge in [-0.2, -0.15) is 13.2 Å². The summed E-state index contributed by atoms with van der Waals surface area (Å²) in [7, 11) is -3.63. The fourth-order valence-electron chi connectivity index (χ4n) is 3.07. The van der Waals surface area contributed by atoms with Crippen molar-refractivity contribution < 1.29 is 26.4 Å². The highest BCUT2D eigenvalue weighted by atomic mass is 32.2. The number of benzene rings is 2. The first kappa shape index (κ1) is 20.3. The van der Waals surface area contributed by atoms with Crippen LogP contribution in [0.3, 0.4) is 0 Å². The Hall–Kier alpha value is -2.39. The van der Waals surface area contributed by atoms with E-state index in [1.807, 2.05) is 0 Å². The van der Waals surface area contributed by atoms with Gasteiger partial charge in [-0.3, -0.25) is 4.79 Å². The molecule has 2 aromatic carbocycles. The number of carbonyl (C=O) groups excluding carboxylic acids is 1. The van der Waals surface area contributed by atoms with E-state index in [0.717, 1.165) is 24.3 Å². The minimum atomic E-state index is -4.45. The van der Waals surface area contributed by atoms with Gasteiger partial charge >= 0.3 is 6.18 Å². The summed E-state index contributed by atoms with van der Waals surface area (Å²) in [5, 5.41) is 0. The number of likely N-dealkylation sites (tertiary alicyclic amines) is 1. The number of hydrogen-bond acceptors (Lipinski definition) is 3. The molecule has 0 unspecified atom stereocenters. The topological polar surface area (TPSA) is 66.5 Å². The molecule has 0 bridgehead atoms. The van der Waals surface area contributed by atoms with Gasteiger partial charge in [0.2, 0.25) is 10.0 Å². The lowest BCUT2D eigenvalue weighted by molar-refractivity contribution is -0.137. The van der Waals surface area contributed by atoms with Crippen LogP contribution in [0.2, 0.25) is 0 Å². The van der Waals surface area contributed by atoms with Crippen LogP contribution >= 0.6 is 0 Å². The zero-order valence-corrected chi connectivity index (χ0v) is 15.6. The summed E-state index contributed by atoms with van der Waals surface area (Å²) in [5.74, 6) is -0.363. The van der Waals surface area contributed by atoms with Crippen molar-refractivity contribution in [3.8, 4) is 0 Å². The largest absolute Gasteiger partial charge is 0.416 e. The van der Waals surface area contributed by atoms with Crippen LogP contribution in [0.4, 0.5) is 13.2 Å². The smallest absolute Gasteiger partial charge is 0.339 e. The second-order valence-corrected chi connectivity index (χ2v) is 8.29. The second-order valence-electron chi connectivity index (χ2n) is 6.58. The Morgan fingerprint density at radius 2 is 1.54 bits per heavy atom. The van der Waals surface area contributed by atoms with Gasteiger partial charge in [0.25, 0.3) is 5.91 Å². The summed E-state index contributed by atoms with van der Waals surface area (Å²) in [6, 6.07) is 11.8. The number of nitrogens with zero attached hydrogens (tertiary/aromatic N) is 1. The third-order valence-electron chi connectivity index (χ3n) is 4.62. The fraction of sp³-hybridized carbons (Fsp3) is 0.316. The Morgan fingerprint density at radius 3 is 2.07 bits per heavy atom. The molecule has 0 aromatic heterocycles. The summed E-state index contributed by atoms with van der Waals surface area (Å²) < 4.78 is 65.3. The minimum absolute atomic E-state index is 0.177. The zero-order chi connectivity index (χ0) is 20.4. The van der Waals surface area contributed by atoms with Crippen molar-refractivity contribution in [1.29, 1.82) is 0 Å². The van der Waals surface area contributed by atoms with E-state index in [2.05, 4.69) is 4.72 Å². The maximum Gasteiger partial charge on any atom is 0.416 e. The average molecular weight is 412 g/mol. The third-order valence-corrected chi connectivity index (χ3v) is 6.15. The van der Waals surface area contributed by atoms with Crippen molar-refractivity contribution in [2.24, 2.45) is 0 Å². The predicted octanol–water partition coefficient (Wildman–Crippen LogP) is 3.29. The molecule has 1 fully saturated rings. The normalized spacial score (nSPS) is 16.2. The van der Waals surface area contributed by atoms with Gasteiger partial charge in [-0.25, -0.2) is 13.1 Å². The van der Waals surface area contributed by atoms with Gasteiger partial charge in [0.05, 0.1) is 10.5 Å². The van der Waals surface area contributed by atoms with Crippen molar-refractivity contribution in [2.75, 3.05) is 13.1 Å². The van der Waals surface area contributed by atoms with E-state index in [1.54, 1.807) is 18.2 Å². The van der Waals surface area contributed by atoms with Crippen LogP contribution in [0.25, 0.3) is 0 Å². The lowest BCUT2D eigenvalue weighted by Crippen LogP contribution is -2.46. The van der Waals surface area contributed by atoms with Gasteiger partial charge < -0.3 is 4.90 Å². The number of rotatable bonds is 4. The standard InChI is InChI=1S/C19H19F3N2O3S/c20-19(21,22)15-8-6-14(7-9-15)18(25)24-12-10-16(11-13-24)23-28(26,27)17-4-2-1-3-5-17/h1-9,16,23H,10-13H2. The lowest BCUT2D eigenvalue weighted by atomic mass is 10.0. The zero-order valence-electron chi connectivity index (χ0n) is 14.8. The third kappa shape index (κ3) is 4.71. The predicted molar refractivity (Wildman–Crippen MR) is 97.1 cm³/mol. The van der Waals surface area contributed by atoms with Crippen molar-refractivity contribution in [3.63, 3.8) is 0 Å². The first-order valence-electron chi connectivity index (χ1n) is 8.71. The van der Waals surface area contributed by atoms with Crippen molar-refractivity contribution in [3.05, 3.63) is 65.7 Å². The molecule has 1 aliphatic heterocycles. The first-order chi connectivity index (χ1) is 13.2. The molecule has 0 saturated carbocycles. The summed E-state index contributed by atoms with van der Waals surface area (Å²) in [4.78, 5) is 14.2. The van der Waals surface area contributed by atoms with Gasteiger partial charge in [0, 0.05) is 24.7 Å². The summed E-state index contributed by atoms with van der Waals surface area (Å²) >= 11 is 0. The number of nitrogens with one attached hydrogen (secondary N) is 1. The van der Waals surface area contributed by atoms with Crippen molar-refractivity contribution >= 4 is 15.9 Å². The molecular weight excluding hydrogens is 393 g/mol. The van der Waals surface area contributed by atoms with Crippen LogP contribution in [0, 0.1) is 0 Å². The molecule has 0 radical (unpaired) electrons. The maximum atomic E-state index is 12.6. The molecule has 1 amide bonds. The Kier molecular flexibility index (Phi) is 5.76. The number of amides is 1. The molecule has 3 rings (SSSR count). The highest BCUT2D eigenvalue weighted by Crippen LogP contribution is 2.29. The Labute approximate surface area is 161 Å². The Bertz CT molecular complexity index is 921. The number of piperidine rings is 1. The number of carbonyl (C=O) groups is 1. The van der Waals surface area contributed by atoms with Crippen LogP contribution in [-0.4, -0.2) is 38.4 Å². The number of alkyl halides is 3. The maximum absolute atomic E-state index is 12.6. The highest BCUT2D eigenvalue weighted by molar-refractivity contribution is 7.89. The van der Waals surface area contributed by atoms with Crippen LogP contribution in [0.5, 0.6) is 0 Å². The summed E-state index contributed by atoms with van der Waals surface area (Å²) in [5.41, 5.74) is -0.630. The second kappa shape index (κ2) is 7.92. The van der Waals surface area contributed by atoms with Gasteiger partial charge in [-0.15, -0.1) is 0 Å².